The molecule has 7 heteroatoms. The van der Waals surface area contributed by atoms with Crippen LogP contribution in [0.3, 0.4) is 0 Å². The lowest BCUT2D eigenvalue weighted by atomic mass is 10.1. The van der Waals surface area contributed by atoms with Crippen LogP contribution in [0.15, 0.2) is 29.2 Å². The number of aliphatic hydroxyl groups excluding tert-OH is 1. The van der Waals surface area contributed by atoms with Crippen molar-refractivity contribution in [2.24, 2.45) is 5.92 Å². The van der Waals surface area contributed by atoms with Crippen molar-refractivity contribution in [3.63, 3.8) is 0 Å². The fraction of sp³-hybridized carbons (Fsp3) is 0.650. The van der Waals surface area contributed by atoms with Crippen molar-refractivity contribution in [3.05, 3.63) is 29.8 Å². The number of hydrogen-bond donors (Lipinski definition) is 2. The van der Waals surface area contributed by atoms with Crippen molar-refractivity contribution in [2.45, 2.75) is 56.8 Å². The molecule has 0 saturated carbocycles. The Morgan fingerprint density at radius 1 is 1.19 bits per heavy atom. The fourth-order valence-corrected chi connectivity index (χ4v) is 4.72. The molecule has 1 saturated heterocycles. The van der Waals surface area contributed by atoms with Crippen LogP contribution in [0.25, 0.3) is 0 Å². The summed E-state index contributed by atoms with van der Waals surface area (Å²) in [5.74, 6) is 0.262. The molecule has 1 aliphatic heterocycles. The molecule has 0 aromatic heterocycles. The monoisotopic (exact) mass is 396 g/mol. The molecule has 1 aliphatic rings. The SMILES string of the molecule is CC(CO)CCCNC(=O)CCc1ccc(S(=O)(=O)N2CCCCC2)cc1. The molecular weight excluding hydrogens is 364 g/mol. The Hall–Kier alpha value is -1.44. The van der Waals surface area contributed by atoms with Gasteiger partial charge in [-0.2, -0.15) is 4.31 Å². The Bertz CT molecular complexity index is 682. The molecule has 1 aromatic rings. The number of aryl methyl sites for hydroxylation is 1. The summed E-state index contributed by atoms with van der Waals surface area (Å²) in [6.45, 7) is 3.98. The highest BCUT2D eigenvalue weighted by molar-refractivity contribution is 7.89. The van der Waals surface area contributed by atoms with Crippen molar-refractivity contribution < 1.29 is 18.3 Å². The van der Waals surface area contributed by atoms with Gasteiger partial charge in [0.15, 0.2) is 0 Å². The summed E-state index contributed by atoms with van der Waals surface area (Å²) in [5, 5.41) is 11.9. The molecule has 1 unspecified atom stereocenters. The molecule has 2 rings (SSSR count). The first-order valence-corrected chi connectivity index (χ1v) is 11.3. The molecule has 6 nitrogen and oxygen atoms in total. The van der Waals surface area contributed by atoms with Crippen LogP contribution < -0.4 is 5.32 Å². The van der Waals surface area contributed by atoms with Crippen molar-refractivity contribution in [3.8, 4) is 0 Å². The normalized spacial score (nSPS) is 16.8. The van der Waals surface area contributed by atoms with Gasteiger partial charge < -0.3 is 10.4 Å². The molecule has 1 amide bonds. The first-order valence-electron chi connectivity index (χ1n) is 9.90. The van der Waals surface area contributed by atoms with E-state index in [1.165, 1.54) is 0 Å². The van der Waals surface area contributed by atoms with Crippen LogP contribution in [0.2, 0.25) is 0 Å². The smallest absolute Gasteiger partial charge is 0.243 e. The minimum atomic E-state index is -3.40. The highest BCUT2D eigenvalue weighted by Crippen LogP contribution is 2.21. The van der Waals surface area contributed by atoms with Crippen LogP contribution in [-0.2, 0) is 21.2 Å². The summed E-state index contributed by atoms with van der Waals surface area (Å²) in [6, 6.07) is 6.89. The van der Waals surface area contributed by atoms with Crippen LogP contribution in [0.5, 0.6) is 0 Å². The summed E-state index contributed by atoms with van der Waals surface area (Å²) in [7, 11) is -3.40. The summed E-state index contributed by atoms with van der Waals surface area (Å²) in [5.41, 5.74) is 0.955. The molecular formula is C20H32N2O4S. The highest BCUT2D eigenvalue weighted by atomic mass is 32.2. The first kappa shape index (κ1) is 21.9. The van der Waals surface area contributed by atoms with E-state index >= 15 is 0 Å². The van der Waals surface area contributed by atoms with Gasteiger partial charge in [0.05, 0.1) is 4.90 Å². The topological polar surface area (TPSA) is 86.7 Å². The van der Waals surface area contributed by atoms with Crippen LogP contribution in [-0.4, -0.2) is 50.0 Å². The largest absolute Gasteiger partial charge is 0.396 e. The zero-order chi connectivity index (χ0) is 19.7. The maximum Gasteiger partial charge on any atom is 0.243 e. The molecule has 1 atom stereocenters. The first-order chi connectivity index (χ1) is 12.9. The summed E-state index contributed by atoms with van der Waals surface area (Å²) >= 11 is 0. The minimum absolute atomic E-state index is 0.00309. The van der Waals surface area contributed by atoms with Crippen molar-refractivity contribution >= 4 is 15.9 Å². The van der Waals surface area contributed by atoms with Gasteiger partial charge in [0.2, 0.25) is 15.9 Å². The van der Waals surface area contributed by atoms with Gasteiger partial charge in [0.25, 0.3) is 0 Å². The van der Waals surface area contributed by atoms with E-state index in [0.29, 0.717) is 37.4 Å². The van der Waals surface area contributed by atoms with E-state index < -0.39 is 10.0 Å². The second-order valence-corrected chi connectivity index (χ2v) is 9.33. The van der Waals surface area contributed by atoms with E-state index in [2.05, 4.69) is 5.32 Å². The van der Waals surface area contributed by atoms with E-state index in [4.69, 9.17) is 5.11 Å². The second-order valence-electron chi connectivity index (χ2n) is 7.39. The molecule has 27 heavy (non-hydrogen) atoms. The summed E-state index contributed by atoms with van der Waals surface area (Å²) in [6.07, 6.45) is 5.65. The van der Waals surface area contributed by atoms with Gasteiger partial charge >= 0.3 is 0 Å². The lowest BCUT2D eigenvalue weighted by molar-refractivity contribution is -0.121. The number of aliphatic hydroxyl groups is 1. The predicted octanol–water partition coefficient (Wildman–Crippen LogP) is 2.32. The maximum absolute atomic E-state index is 12.6. The Balaban J connectivity index is 1.77. The van der Waals surface area contributed by atoms with Gasteiger partial charge in [0.1, 0.15) is 0 Å². The number of nitrogens with zero attached hydrogens (tertiary/aromatic N) is 1. The number of hydrogen-bond acceptors (Lipinski definition) is 4. The van der Waals surface area contributed by atoms with Crippen LogP contribution in [0, 0.1) is 5.92 Å². The van der Waals surface area contributed by atoms with Crippen LogP contribution in [0.1, 0.15) is 51.0 Å². The third-order valence-electron chi connectivity index (χ3n) is 5.02. The molecule has 0 spiro atoms. The third kappa shape index (κ3) is 6.90. The molecule has 0 aliphatic carbocycles. The van der Waals surface area contributed by atoms with Gasteiger partial charge in [-0.15, -0.1) is 0 Å². The highest BCUT2D eigenvalue weighted by Gasteiger charge is 2.25. The number of nitrogens with one attached hydrogen (secondary N) is 1. The summed E-state index contributed by atoms with van der Waals surface area (Å²) < 4.78 is 26.8. The Morgan fingerprint density at radius 3 is 2.48 bits per heavy atom. The third-order valence-corrected chi connectivity index (χ3v) is 6.94. The molecule has 1 fully saturated rings. The molecule has 1 heterocycles. The number of amides is 1. The number of carbonyl (C=O) groups excluding carboxylic acids is 1. The predicted molar refractivity (Wildman–Crippen MR) is 106 cm³/mol. The number of carbonyl (C=O) groups is 1. The van der Waals surface area contributed by atoms with Gasteiger partial charge in [-0.25, -0.2) is 8.42 Å². The van der Waals surface area contributed by atoms with Crippen molar-refractivity contribution in [1.29, 1.82) is 0 Å². The zero-order valence-electron chi connectivity index (χ0n) is 16.2. The molecule has 0 radical (unpaired) electrons. The second kappa shape index (κ2) is 10.8. The van der Waals surface area contributed by atoms with E-state index in [-0.39, 0.29) is 18.4 Å². The lowest BCUT2D eigenvalue weighted by Crippen LogP contribution is -2.35. The molecule has 152 valence electrons. The van der Waals surface area contributed by atoms with Gasteiger partial charge in [-0.1, -0.05) is 25.5 Å². The number of benzene rings is 1. The standard InChI is InChI=1S/C20H32N2O4S/c1-17(16-23)6-5-13-21-20(24)12-9-18-7-10-19(11-8-18)27(25,26)22-14-3-2-4-15-22/h7-8,10-11,17,23H,2-6,9,12-16H2,1H3,(H,21,24). The van der Waals surface area contributed by atoms with E-state index in [1.54, 1.807) is 28.6 Å². The van der Waals surface area contributed by atoms with Crippen LogP contribution in [0.4, 0.5) is 0 Å². The van der Waals surface area contributed by atoms with Gasteiger partial charge in [-0.05, 0) is 55.7 Å². The molecule has 2 N–H and O–H groups in total. The quantitative estimate of drug-likeness (QED) is 0.594. The Morgan fingerprint density at radius 2 is 1.85 bits per heavy atom. The van der Waals surface area contributed by atoms with Gasteiger partial charge in [-0.3, -0.25) is 4.79 Å². The van der Waals surface area contributed by atoms with E-state index in [1.807, 2.05) is 6.92 Å². The van der Waals surface area contributed by atoms with Crippen LogP contribution >= 0.6 is 0 Å². The number of rotatable bonds is 10. The minimum Gasteiger partial charge on any atom is -0.396 e. The number of sulfonamides is 1. The Kier molecular flexibility index (Phi) is 8.73. The van der Waals surface area contributed by atoms with E-state index in [0.717, 1.165) is 37.7 Å². The average molecular weight is 397 g/mol. The van der Waals surface area contributed by atoms with Crippen molar-refractivity contribution in [1.82, 2.24) is 9.62 Å². The van der Waals surface area contributed by atoms with Gasteiger partial charge in [0, 0.05) is 32.7 Å². The number of piperidine rings is 1. The lowest BCUT2D eigenvalue weighted by Gasteiger charge is -2.25. The molecule has 0 bridgehead atoms. The van der Waals surface area contributed by atoms with Crippen molar-refractivity contribution in [2.75, 3.05) is 26.2 Å². The average Bonchev–Trinajstić information content (AvgIpc) is 2.70. The Labute approximate surface area is 163 Å². The van der Waals surface area contributed by atoms with E-state index in [9.17, 15) is 13.2 Å². The maximum atomic E-state index is 12.6. The fourth-order valence-electron chi connectivity index (χ4n) is 3.20. The zero-order valence-corrected chi connectivity index (χ0v) is 17.0. The molecule has 1 aromatic carbocycles. The summed E-state index contributed by atoms with van der Waals surface area (Å²) in [4.78, 5) is 12.2.